The van der Waals surface area contributed by atoms with Crippen LogP contribution in [0.3, 0.4) is 0 Å². The smallest absolute Gasteiger partial charge is 0.317 e. The first-order valence-corrected chi connectivity index (χ1v) is 13.4. The van der Waals surface area contributed by atoms with Gasteiger partial charge in [0, 0.05) is 61.6 Å². The number of rotatable bonds is 6. The molecule has 1 aliphatic heterocycles. The zero-order valence-corrected chi connectivity index (χ0v) is 20.4. The van der Waals surface area contributed by atoms with E-state index in [0.717, 1.165) is 31.2 Å². The molecule has 6 heteroatoms. The van der Waals surface area contributed by atoms with Crippen LogP contribution >= 0.6 is 11.3 Å². The van der Waals surface area contributed by atoms with Crippen LogP contribution in [0.4, 0.5) is 10.5 Å². The van der Waals surface area contributed by atoms with E-state index < -0.39 is 0 Å². The van der Waals surface area contributed by atoms with Crippen LogP contribution < -0.4 is 10.2 Å². The number of fused-ring (bicyclic) bond motifs is 1. The lowest BCUT2D eigenvalue weighted by Gasteiger charge is -2.44. The molecule has 32 heavy (non-hydrogen) atoms. The van der Waals surface area contributed by atoms with Crippen molar-refractivity contribution in [3.8, 4) is 0 Å². The van der Waals surface area contributed by atoms with Crippen LogP contribution in [0.15, 0.2) is 29.6 Å². The van der Waals surface area contributed by atoms with Gasteiger partial charge in [0.2, 0.25) is 0 Å². The summed E-state index contributed by atoms with van der Waals surface area (Å²) in [6, 6.07) is 10.2. The van der Waals surface area contributed by atoms with Gasteiger partial charge in [-0.2, -0.15) is 0 Å². The zero-order valence-electron chi connectivity index (χ0n) is 19.6. The van der Waals surface area contributed by atoms with Crippen molar-refractivity contribution in [2.24, 2.45) is 11.8 Å². The predicted octanol–water partition coefficient (Wildman–Crippen LogP) is 5.02. The first kappa shape index (κ1) is 22.0. The second-order valence-corrected chi connectivity index (χ2v) is 11.3. The third-order valence-corrected chi connectivity index (χ3v) is 8.77. The fourth-order valence-corrected chi connectivity index (χ4v) is 6.56. The number of carbonyl (C=O) groups is 1. The minimum atomic E-state index is 0.0515. The van der Waals surface area contributed by atoms with Crippen molar-refractivity contribution in [1.82, 2.24) is 15.1 Å². The molecule has 0 spiro atoms. The number of anilines is 1. The average Bonchev–Trinajstić information content (AvgIpc) is 3.54. The van der Waals surface area contributed by atoms with Gasteiger partial charge in [-0.15, -0.1) is 11.3 Å². The summed E-state index contributed by atoms with van der Waals surface area (Å²) in [5.41, 5.74) is 1.46. The van der Waals surface area contributed by atoms with Crippen LogP contribution in [0.1, 0.15) is 44.9 Å². The highest BCUT2D eigenvalue weighted by Gasteiger charge is 2.39. The number of hydrogen-bond acceptors (Lipinski definition) is 4. The van der Waals surface area contributed by atoms with E-state index in [1.807, 2.05) is 25.4 Å². The number of nitrogens with zero attached hydrogens (tertiary/aromatic N) is 3. The van der Waals surface area contributed by atoms with Gasteiger partial charge in [-0.05, 0) is 86.9 Å². The molecule has 1 saturated heterocycles. The van der Waals surface area contributed by atoms with Gasteiger partial charge in [0.25, 0.3) is 0 Å². The van der Waals surface area contributed by atoms with Crippen molar-refractivity contribution in [3.05, 3.63) is 29.6 Å². The van der Waals surface area contributed by atoms with E-state index >= 15 is 0 Å². The van der Waals surface area contributed by atoms with E-state index in [9.17, 15) is 4.79 Å². The molecule has 1 aromatic heterocycles. The van der Waals surface area contributed by atoms with Gasteiger partial charge in [-0.25, -0.2) is 4.79 Å². The molecule has 1 aromatic carbocycles. The molecule has 0 radical (unpaired) electrons. The molecule has 1 N–H and O–H groups in total. The molecule has 5 rings (SSSR count). The number of thiophene rings is 1. The van der Waals surface area contributed by atoms with Gasteiger partial charge in [-0.1, -0.05) is 6.07 Å². The minimum Gasteiger partial charge on any atom is -0.365 e. The van der Waals surface area contributed by atoms with Crippen molar-refractivity contribution < 1.29 is 4.79 Å². The Morgan fingerprint density at radius 2 is 1.91 bits per heavy atom. The van der Waals surface area contributed by atoms with Gasteiger partial charge in [-0.3, -0.25) is 4.90 Å². The second kappa shape index (κ2) is 9.60. The number of urea groups is 1. The molecule has 0 unspecified atom stereocenters. The standard InChI is InChI=1S/C26H38N4OS/c1-28(2)26(31)27-21-10-6-19(7-11-21)12-14-29-15-16-30(24(18-29)20-8-9-20)23-4-3-5-25-22(23)13-17-32-25/h3-5,13,17,19-21,24H,6-12,14-16,18H2,1-2H3,(H,27,31)/t19?,21?,24-/m0/s1. The van der Waals surface area contributed by atoms with Crippen molar-refractivity contribution in [2.45, 2.75) is 57.0 Å². The van der Waals surface area contributed by atoms with Crippen molar-refractivity contribution in [1.29, 1.82) is 0 Å². The number of benzene rings is 1. The zero-order chi connectivity index (χ0) is 22.1. The maximum atomic E-state index is 11.9. The van der Waals surface area contributed by atoms with Crippen LogP contribution in [0, 0.1) is 11.8 Å². The van der Waals surface area contributed by atoms with Crippen molar-refractivity contribution in [3.63, 3.8) is 0 Å². The van der Waals surface area contributed by atoms with E-state index in [1.54, 1.807) is 4.90 Å². The molecular formula is C26H38N4OS. The van der Waals surface area contributed by atoms with Crippen LogP contribution in [-0.4, -0.2) is 68.2 Å². The maximum absolute atomic E-state index is 11.9. The molecule has 2 heterocycles. The summed E-state index contributed by atoms with van der Waals surface area (Å²) < 4.78 is 1.41. The van der Waals surface area contributed by atoms with Gasteiger partial charge in [0.15, 0.2) is 0 Å². The molecule has 2 amide bonds. The number of hydrogen-bond donors (Lipinski definition) is 1. The van der Waals surface area contributed by atoms with E-state index in [0.29, 0.717) is 12.1 Å². The number of nitrogens with one attached hydrogen (secondary N) is 1. The molecule has 2 aromatic rings. The first-order chi connectivity index (χ1) is 15.6. The van der Waals surface area contributed by atoms with Gasteiger partial charge in [0.1, 0.15) is 0 Å². The fraction of sp³-hybridized carbons (Fsp3) is 0.654. The van der Waals surface area contributed by atoms with E-state index in [4.69, 9.17) is 0 Å². The molecular weight excluding hydrogens is 416 g/mol. The van der Waals surface area contributed by atoms with Gasteiger partial charge in [0.05, 0.1) is 0 Å². The summed E-state index contributed by atoms with van der Waals surface area (Å²) in [7, 11) is 3.63. The van der Waals surface area contributed by atoms with E-state index in [-0.39, 0.29) is 6.03 Å². The third-order valence-electron chi connectivity index (χ3n) is 7.89. The van der Waals surface area contributed by atoms with Crippen molar-refractivity contribution >= 4 is 33.1 Å². The van der Waals surface area contributed by atoms with Gasteiger partial charge >= 0.3 is 6.03 Å². The summed E-state index contributed by atoms with van der Waals surface area (Å²) >= 11 is 1.86. The molecule has 3 fully saturated rings. The van der Waals surface area contributed by atoms with Crippen LogP contribution in [0.2, 0.25) is 0 Å². The topological polar surface area (TPSA) is 38.8 Å². The monoisotopic (exact) mass is 454 g/mol. The summed E-state index contributed by atoms with van der Waals surface area (Å²) in [6.45, 7) is 4.79. The quantitative estimate of drug-likeness (QED) is 0.666. The Bertz CT molecular complexity index is 915. The van der Waals surface area contributed by atoms with Gasteiger partial charge < -0.3 is 15.1 Å². The Morgan fingerprint density at radius 1 is 1.09 bits per heavy atom. The first-order valence-electron chi connectivity index (χ1n) is 12.5. The highest BCUT2D eigenvalue weighted by atomic mass is 32.1. The normalized spacial score (nSPS) is 26.9. The lowest BCUT2D eigenvalue weighted by Crippen LogP contribution is -2.54. The fourth-order valence-electron chi connectivity index (χ4n) is 5.75. The maximum Gasteiger partial charge on any atom is 0.317 e. The number of piperazine rings is 1. The summed E-state index contributed by atoms with van der Waals surface area (Å²) in [4.78, 5) is 19.0. The van der Waals surface area contributed by atoms with Crippen LogP contribution in [0.5, 0.6) is 0 Å². The molecule has 5 nitrogen and oxygen atoms in total. The average molecular weight is 455 g/mol. The largest absolute Gasteiger partial charge is 0.365 e. The SMILES string of the molecule is CN(C)C(=O)NC1CCC(CCN2CCN(c3cccc4sccc34)[C@H](C3CC3)C2)CC1. The Morgan fingerprint density at radius 3 is 2.66 bits per heavy atom. The van der Waals surface area contributed by atoms with E-state index in [2.05, 4.69) is 44.8 Å². The van der Waals surface area contributed by atoms with Crippen molar-refractivity contribution in [2.75, 3.05) is 45.2 Å². The summed E-state index contributed by atoms with van der Waals surface area (Å²) in [6.07, 6.45) is 8.89. The third kappa shape index (κ3) is 4.91. The Kier molecular flexibility index (Phi) is 6.61. The Balaban J connectivity index is 1.13. The number of amides is 2. The minimum absolute atomic E-state index is 0.0515. The molecule has 3 aliphatic rings. The molecule has 2 saturated carbocycles. The Labute approximate surface area is 196 Å². The predicted molar refractivity (Wildman–Crippen MR) is 135 cm³/mol. The van der Waals surface area contributed by atoms with E-state index in [1.165, 1.54) is 67.5 Å². The highest BCUT2D eigenvalue weighted by Crippen LogP contribution is 2.41. The number of carbonyl (C=O) groups excluding carboxylic acids is 1. The lowest BCUT2D eigenvalue weighted by atomic mass is 9.84. The summed E-state index contributed by atoms with van der Waals surface area (Å²) in [5, 5.41) is 6.85. The molecule has 1 atom stereocenters. The lowest BCUT2D eigenvalue weighted by molar-refractivity contribution is 0.180. The molecule has 2 aliphatic carbocycles. The molecule has 0 bridgehead atoms. The molecule has 174 valence electrons. The Hall–Kier alpha value is -1.79. The van der Waals surface area contributed by atoms with Crippen LogP contribution in [0.25, 0.3) is 10.1 Å². The van der Waals surface area contributed by atoms with Crippen LogP contribution in [-0.2, 0) is 0 Å². The summed E-state index contributed by atoms with van der Waals surface area (Å²) in [5.74, 6) is 1.70. The highest BCUT2D eigenvalue weighted by molar-refractivity contribution is 7.17. The second-order valence-electron chi connectivity index (χ2n) is 10.4.